The van der Waals surface area contributed by atoms with Gasteiger partial charge in [-0.05, 0) is 56.5 Å². The molecule has 2 aromatic carbocycles. The molecule has 1 aromatic heterocycles. The van der Waals surface area contributed by atoms with E-state index in [9.17, 15) is 9.46 Å². The van der Waals surface area contributed by atoms with Gasteiger partial charge in [-0.1, -0.05) is 100 Å². The summed E-state index contributed by atoms with van der Waals surface area (Å²) in [5, 5.41) is 0. The van der Waals surface area contributed by atoms with E-state index in [4.69, 9.17) is 18.5 Å². The molecule has 0 saturated carbocycles. The summed E-state index contributed by atoms with van der Waals surface area (Å²) in [7, 11) is -4.36. The van der Waals surface area contributed by atoms with E-state index in [0.717, 1.165) is 17.7 Å². The number of ether oxygens (including phenoxy) is 2. The van der Waals surface area contributed by atoms with Crippen LogP contribution in [0, 0.1) is 6.92 Å². The molecule has 3 aromatic rings. The summed E-state index contributed by atoms with van der Waals surface area (Å²) < 4.78 is 37.2. The molecule has 2 atom stereocenters. The Bertz CT molecular complexity index is 1230. The van der Waals surface area contributed by atoms with E-state index in [2.05, 4.69) is 36.7 Å². The molecule has 0 bridgehead atoms. The summed E-state index contributed by atoms with van der Waals surface area (Å²) in [6, 6.07) is 15.3. The number of phosphoric acid groups is 1. The maximum Gasteiger partial charge on any atom is 0.527 e. The van der Waals surface area contributed by atoms with Crippen LogP contribution in [-0.2, 0) is 26.8 Å². The largest absolute Gasteiger partial charge is 0.527 e. The average Bonchev–Trinajstić information content (AvgIpc) is 3.39. The van der Waals surface area contributed by atoms with Crippen LogP contribution < -0.4 is 13.8 Å². The molecule has 9 heteroatoms. The summed E-state index contributed by atoms with van der Waals surface area (Å²) in [4.78, 5) is 11.6. The van der Waals surface area contributed by atoms with Crippen LogP contribution >= 0.6 is 19.2 Å². The van der Waals surface area contributed by atoms with Crippen LogP contribution in [0.25, 0.3) is 0 Å². The van der Waals surface area contributed by atoms with Gasteiger partial charge in [-0.2, -0.15) is 4.57 Å². The maximum atomic E-state index is 12.7. The third-order valence-corrected chi connectivity index (χ3v) is 8.96. The van der Waals surface area contributed by atoms with Gasteiger partial charge in [0.25, 0.3) is 0 Å². The number of thiazole rings is 1. The minimum Gasteiger partial charge on any atom is -0.491 e. The molecule has 0 fully saturated rings. The molecule has 2 unspecified atom stereocenters. The molecule has 0 aliphatic heterocycles. The Morgan fingerprint density at radius 2 is 1.51 bits per heavy atom. The predicted molar refractivity (Wildman–Crippen MR) is 174 cm³/mol. The highest BCUT2D eigenvalue weighted by atomic mass is 32.1. The van der Waals surface area contributed by atoms with E-state index in [1.165, 1.54) is 74.6 Å². The van der Waals surface area contributed by atoms with Crippen LogP contribution in [0.4, 0.5) is 0 Å². The third kappa shape index (κ3) is 14.9. The van der Waals surface area contributed by atoms with Gasteiger partial charge < -0.3 is 14.0 Å². The third-order valence-electron chi connectivity index (χ3n) is 7.19. The number of nitrogens with zero attached hydrogens (tertiary/aromatic N) is 1. The van der Waals surface area contributed by atoms with Gasteiger partial charge in [0.1, 0.15) is 24.2 Å². The van der Waals surface area contributed by atoms with Crippen LogP contribution in [-0.4, -0.2) is 30.8 Å². The summed E-state index contributed by atoms with van der Waals surface area (Å²) in [5.74, 6) is 1.03. The van der Waals surface area contributed by atoms with E-state index in [1.54, 1.807) is 29.5 Å². The molecule has 0 aliphatic rings. The van der Waals surface area contributed by atoms with Gasteiger partial charge in [0.05, 0.1) is 11.5 Å². The second-order valence-corrected chi connectivity index (χ2v) is 13.6. The van der Waals surface area contributed by atoms with E-state index >= 15 is 0 Å². The number of hydrogen-bond acceptors (Lipinski definition) is 6. The SMILES string of the molecule is CCCCCCCCCCCCc1cccc(OCC(COP(=O)(O)Oc2cccc(C[n+]3csc(C)c3)c2)OCC)c1. The van der Waals surface area contributed by atoms with Crippen molar-refractivity contribution in [3.8, 4) is 11.5 Å². The van der Waals surface area contributed by atoms with Crippen LogP contribution in [0.2, 0.25) is 0 Å². The first-order valence-corrected chi connectivity index (χ1v) is 18.3. The molecule has 0 radical (unpaired) electrons. The summed E-state index contributed by atoms with van der Waals surface area (Å²) in [5.41, 5.74) is 4.24. The van der Waals surface area contributed by atoms with Crippen molar-refractivity contribution < 1.29 is 32.5 Å². The van der Waals surface area contributed by atoms with E-state index in [-0.39, 0.29) is 19.0 Å². The first kappa shape index (κ1) is 35.3. The predicted octanol–water partition coefficient (Wildman–Crippen LogP) is 8.84. The minimum absolute atomic E-state index is 0.135. The van der Waals surface area contributed by atoms with E-state index < -0.39 is 13.9 Å². The van der Waals surface area contributed by atoms with Crippen LogP contribution in [0.1, 0.15) is 94.1 Å². The molecule has 0 amide bonds. The van der Waals surface area contributed by atoms with Gasteiger partial charge in [-0.15, -0.1) is 0 Å². The quantitative estimate of drug-likeness (QED) is 0.0639. The molecule has 0 spiro atoms. The Morgan fingerprint density at radius 3 is 2.19 bits per heavy atom. The lowest BCUT2D eigenvalue weighted by molar-refractivity contribution is -0.683. The standard InChI is InChI=1S/C34H50NO6PS/c1-4-6-7-8-9-10-11-12-13-14-17-30-18-15-20-32(22-30)39-26-34(38-5-2)27-40-42(36,37)41-33-21-16-19-31(23-33)25-35-24-29(3)43-28-35/h15-16,18-24,28,34H,4-14,17,25-27H2,1-3H3/p+1. The molecule has 1 heterocycles. The highest BCUT2D eigenvalue weighted by molar-refractivity contribution is 7.47. The minimum atomic E-state index is -4.36. The number of phosphoric ester groups is 1. The second-order valence-electron chi connectivity index (χ2n) is 11.1. The van der Waals surface area contributed by atoms with E-state index in [1.807, 2.05) is 30.6 Å². The zero-order valence-corrected chi connectivity index (χ0v) is 28.0. The normalized spacial score (nSPS) is 13.5. The maximum absolute atomic E-state index is 12.7. The molecule has 1 N–H and O–H groups in total. The summed E-state index contributed by atoms with van der Waals surface area (Å²) in [6.45, 7) is 7.31. The lowest BCUT2D eigenvalue weighted by Gasteiger charge is -2.20. The van der Waals surface area contributed by atoms with Crippen molar-refractivity contribution in [2.75, 3.05) is 19.8 Å². The number of benzene rings is 2. The lowest BCUT2D eigenvalue weighted by Crippen LogP contribution is -2.30. The molecular formula is C34H51NO6PS+. The number of unbranched alkanes of at least 4 members (excludes halogenated alkanes) is 9. The van der Waals surface area contributed by atoms with Gasteiger partial charge in [0, 0.05) is 12.2 Å². The van der Waals surface area contributed by atoms with Gasteiger partial charge >= 0.3 is 7.82 Å². The summed E-state index contributed by atoms with van der Waals surface area (Å²) in [6.07, 6.45) is 15.8. The molecule has 7 nitrogen and oxygen atoms in total. The first-order chi connectivity index (χ1) is 20.9. The van der Waals surface area contributed by atoms with Crippen molar-refractivity contribution in [1.82, 2.24) is 0 Å². The number of aryl methyl sites for hydroxylation is 2. The fraction of sp³-hybridized carbons (Fsp3) is 0.559. The molecule has 0 aliphatic carbocycles. The van der Waals surface area contributed by atoms with Gasteiger partial charge in [0.2, 0.25) is 5.51 Å². The zero-order valence-electron chi connectivity index (χ0n) is 26.2. The van der Waals surface area contributed by atoms with Gasteiger partial charge in [-0.25, -0.2) is 4.57 Å². The Hall–Kier alpha value is -2.22. The molecule has 0 saturated heterocycles. The van der Waals surface area contributed by atoms with Crippen molar-refractivity contribution in [1.29, 1.82) is 0 Å². The lowest BCUT2D eigenvalue weighted by atomic mass is 10.0. The molecule has 3 rings (SSSR count). The van der Waals surface area contributed by atoms with Crippen molar-refractivity contribution in [2.45, 2.75) is 104 Å². The topological polar surface area (TPSA) is 78.1 Å². The Morgan fingerprint density at radius 1 is 0.860 bits per heavy atom. The monoisotopic (exact) mass is 632 g/mol. The van der Waals surface area contributed by atoms with Gasteiger partial charge in [0.15, 0.2) is 12.7 Å². The van der Waals surface area contributed by atoms with E-state index in [0.29, 0.717) is 13.2 Å². The van der Waals surface area contributed by atoms with Crippen LogP contribution in [0.15, 0.2) is 60.2 Å². The highest BCUT2D eigenvalue weighted by Gasteiger charge is 2.26. The van der Waals surface area contributed by atoms with Crippen LogP contribution in [0.5, 0.6) is 11.5 Å². The first-order valence-electron chi connectivity index (χ1n) is 15.9. The molecule has 43 heavy (non-hydrogen) atoms. The highest BCUT2D eigenvalue weighted by Crippen LogP contribution is 2.44. The second kappa shape index (κ2) is 19.9. The van der Waals surface area contributed by atoms with Crippen molar-refractivity contribution in [3.63, 3.8) is 0 Å². The van der Waals surface area contributed by atoms with Gasteiger partial charge in [-0.3, -0.25) is 9.42 Å². The Balaban J connectivity index is 1.39. The number of hydrogen-bond donors (Lipinski definition) is 1. The zero-order chi connectivity index (χ0) is 30.8. The van der Waals surface area contributed by atoms with Crippen LogP contribution in [0.3, 0.4) is 0 Å². The van der Waals surface area contributed by atoms with Crippen molar-refractivity contribution in [2.24, 2.45) is 0 Å². The molecular weight excluding hydrogens is 581 g/mol. The Kier molecular flexibility index (Phi) is 16.3. The fourth-order valence-corrected chi connectivity index (χ4v) is 6.37. The Labute approximate surface area is 262 Å². The smallest absolute Gasteiger partial charge is 0.491 e. The molecule has 238 valence electrons. The van der Waals surface area contributed by atoms with Crippen molar-refractivity contribution >= 4 is 19.2 Å². The number of rotatable bonds is 23. The average molecular weight is 633 g/mol. The summed E-state index contributed by atoms with van der Waals surface area (Å²) >= 11 is 1.67. The van der Waals surface area contributed by atoms with Crippen molar-refractivity contribution in [3.05, 3.63) is 76.2 Å². The fourth-order valence-electron chi connectivity index (χ4n) is 4.95. The number of aromatic nitrogens is 1.